The van der Waals surface area contributed by atoms with Crippen LogP contribution in [0.15, 0.2) is 33.7 Å². The van der Waals surface area contributed by atoms with Crippen LogP contribution in [0.3, 0.4) is 0 Å². The Labute approximate surface area is 110 Å². The van der Waals surface area contributed by atoms with E-state index in [0.717, 1.165) is 18.2 Å². The van der Waals surface area contributed by atoms with Gasteiger partial charge < -0.3 is 0 Å². The van der Waals surface area contributed by atoms with Crippen LogP contribution in [-0.4, -0.2) is 9.55 Å². The summed E-state index contributed by atoms with van der Waals surface area (Å²) < 4.78 is 28.1. The molecule has 1 aromatic carbocycles. The van der Waals surface area contributed by atoms with Crippen molar-refractivity contribution >= 4 is 15.9 Å². The van der Waals surface area contributed by atoms with E-state index in [2.05, 4.69) is 20.9 Å². The summed E-state index contributed by atoms with van der Waals surface area (Å²) in [5.74, 6) is -0.658. The third-order valence-electron chi connectivity index (χ3n) is 2.54. The van der Waals surface area contributed by atoms with Crippen molar-refractivity contribution in [3.05, 3.63) is 62.2 Å². The van der Waals surface area contributed by atoms with Gasteiger partial charge in [-0.15, -0.1) is 0 Å². The summed E-state index contributed by atoms with van der Waals surface area (Å²) in [7, 11) is 0. The van der Waals surface area contributed by atoms with Crippen molar-refractivity contribution in [3.8, 4) is 0 Å². The van der Waals surface area contributed by atoms with Crippen molar-refractivity contribution in [1.82, 2.24) is 9.55 Å². The highest BCUT2D eigenvalue weighted by Gasteiger charge is 2.10. The van der Waals surface area contributed by atoms with Crippen molar-refractivity contribution in [2.75, 3.05) is 0 Å². The molecule has 6 heteroatoms. The number of aryl methyl sites for hydroxylation is 1. The molecule has 2 rings (SSSR count). The van der Waals surface area contributed by atoms with Gasteiger partial charge in [0.15, 0.2) is 0 Å². The van der Waals surface area contributed by atoms with Gasteiger partial charge in [0, 0.05) is 11.8 Å². The fourth-order valence-electron chi connectivity index (χ4n) is 1.57. The number of benzene rings is 1. The summed E-state index contributed by atoms with van der Waals surface area (Å²) in [5.41, 5.74) is -0.216. The summed E-state index contributed by atoms with van der Waals surface area (Å²) in [4.78, 5) is 15.8. The van der Waals surface area contributed by atoms with Gasteiger partial charge in [0.2, 0.25) is 0 Å². The lowest BCUT2D eigenvalue weighted by Gasteiger charge is -2.10. The first-order chi connectivity index (χ1) is 8.49. The maximum absolute atomic E-state index is 13.5. The second kappa shape index (κ2) is 4.97. The molecule has 1 heterocycles. The van der Waals surface area contributed by atoms with Gasteiger partial charge in [-0.1, -0.05) is 0 Å². The summed E-state index contributed by atoms with van der Waals surface area (Å²) >= 11 is 3.06. The number of hydrogen-bond acceptors (Lipinski definition) is 2. The molecule has 0 unspecified atom stereocenters. The van der Waals surface area contributed by atoms with Crippen LogP contribution in [0.4, 0.5) is 8.78 Å². The minimum absolute atomic E-state index is 0.0549. The molecule has 0 N–H and O–H groups in total. The third kappa shape index (κ3) is 2.48. The average Bonchev–Trinajstić information content (AvgIpc) is 2.34. The van der Waals surface area contributed by atoms with Crippen LogP contribution in [0, 0.1) is 18.6 Å². The lowest BCUT2D eigenvalue weighted by Crippen LogP contribution is -2.25. The zero-order chi connectivity index (χ0) is 13.3. The molecule has 0 aliphatic carbocycles. The summed E-state index contributed by atoms with van der Waals surface area (Å²) in [5, 5.41) is 0. The van der Waals surface area contributed by atoms with Gasteiger partial charge in [-0.05, 0) is 41.1 Å². The molecule has 0 atom stereocenters. The topological polar surface area (TPSA) is 34.9 Å². The molecule has 18 heavy (non-hydrogen) atoms. The van der Waals surface area contributed by atoms with Gasteiger partial charge >= 0.3 is 0 Å². The number of rotatable bonds is 2. The minimum atomic E-state index is -0.553. The maximum atomic E-state index is 13.5. The first-order valence-electron chi connectivity index (χ1n) is 5.15. The van der Waals surface area contributed by atoms with E-state index in [9.17, 15) is 13.6 Å². The fraction of sp³-hybridized carbons (Fsp3) is 0.167. The van der Waals surface area contributed by atoms with Crippen LogP contribution in [0.5, 0.6) is 0 Å². The van der Waals surface area contributed by atoms with Crippen molar-refractivity contribution in [3.63, 3.8) is 0 Å². The van der Waals surface area contributed by atoms with Crippen LogP contribution >= 0.6 is 15.9 Å². The molecular weight excluding hydrogens is 306 g/mol. The number of hydrogen-bond donors (Lipinski definition) is 0. The summed E-state index contributed by atoms with van der Waals surface area (Å²) in [6.07, 6.45) is 1.39. The molecule has 0 saturated heterocycles. The highest BCUT2D eigenvalue weighted by molar-refractivity contribution is 9.10. The van der Waals surface area contributed by atoms with Crippen LogP contribution in [0.25, 0.3) is 0 Å². The van der Waals surface area contributed by atoms with Gasteiger partial charge in [-0.25, -0.2) is 13.8 Å². The second-order valence-corrected chi connectivity index (χ2v) is 4.63. The van der Waals surface area contributed by atoms with Crippen LogP contribution < -0.4 is 5.56 Å². The summed E-state index contributed by atoms with van der Waals surface area (Å²) in [6.45, 7) is 1.58. The molecule has 3 nitrogen and oxygen atoms in total. The SMILES string of the molecule is Cc1ncc(Br)c(=O)n1Cc1cc(F)ccc1F. The van der Waals surface area contributed by atoms with Crippen LogP contribution in [-0.2, 0) is 6.54 Å². The monoisotopic (exact) mass is 314 g/mol. The number of halogens is 3. The van der Waals surface area contributed by atoms with E-state index in [-0.39, 0.29) is 22.1 Å². The standard InChI is InChI=1S/C12H9BrF2N2O/c1-7-16-5-10(13)12(18)17(7)6-8-4-9(14)2-3-11(8)15/h2-5H,6H2,1H3. The van der Waals surface area contributed by atoms with E-state index in [1.165, 1.54) is 10.8 Å². The van der Waals surface area contributed by atoms with Crippen molar-refractivity contribution < 1.29 is 8.78 Å². The molecule has 0 aliphatic rings. The molecule has 0 spiro atoms. The molecule has 0 fully saturated rings. The Morgan fingerprint density at radius 2 is 2.11 bits per heavy atom. The average molecular weight is 315 g/mol. The van der Waals surface area contributed by atoms with E-state index in [0.29, 0.717) is 5.82 Å². The van der Waals surface area contributed by atoms with Crippen molar-refractivity contribution in [1.29, 1.82) is 0 Å². The Bertz CT molecular complexity index is 655. The smallest absolute Gasteiger partial charge is 0.268 e. The second-order valence-electron chi connectivity index (χ2n) is 3.78. The fourth-order valence-corrected chi connectivity index (χ4v) is 1.89. The van der Waals surface area contributed by atoms with Crippen molar-refractivity contribution in [2.24, 2.45) is 0 Å². The van der Waals surface area contributed by atoms with E-state index >= 15 is 0 Å². The van der Waals surface area contributed by atoms with Gasteiger partial charge in [-0.3, -0.25) is 9.36 Å². The van der Waals surface area contributed by atoms with Gasteiger partial charge in [-0.2, -0.15) is 0 Å². The molecular formula is C12H9BrF2N2O. The van der Waals surface area contributed by atoms with Gasteiger partial charge in [0.05, 0.1) is 6.54 Å². The third-order valence-corrected chi connectivity index (χ3v) is 3.08. The largest absolute Gasteiger partial charge is 0.291 e. The highest BCUT2D eigenvalue weighted by atomic mass is 79.9. The molecule has 0 bridgehead atoms. The predicted octanol–water partition coefficient (Wildman–Crippen LogP) is 2.64. The first-order valence-corrected chi connectivity index (χ1v) is 5.94. The quantitative estimate of drug-likeness (QED) is 0.854. The van der Waals surface area contributed by atoms with E-state index in [4.69, 9.17) is 0 Å². The Morgan fingerprint density at radius 1 is 1.39 bits per heavy atom. The Balaban J connectivity index is 2.49. The zero-order valence-electron chi connectivity index (χ0n) is 9.45. The van der Waals surface area contributed by atoms with Crippen LogP contribution in [0.2, 0.25) is 0 Å². The van der Waals surface area contributed by atoms with Crippen LogP contribution in [0.1, 0.15) is 11.4 Å². The molecule has 1 aromatic heterocycles. The molecule has 0 aliphatic heterocycles. The van der Waals surface area contributed by atoms with Gasteiger partial charge in [0.25, 0.3) is 5.56 Å². The maximum Gasteiger partial charge on any atom is 0.268 e. The lowest BCUT2D eigenvalue weighted by molar-refractivity contribution is 0.569. The summed E-state index contributed by atoms with van der Waals surface area (Å²) in [6, 6.07) is 3.15. The van der Waals surface area contributed by atoms with Gasteiger partial charge in [0.1, 0.15) is 21.9 Å². The van der Waals surface area contributed by atoms with E-state index < -0.39 is 11.6 Å². The van der Waals surface area contributed by atoms with E-state index in [1.54, 1.807) is 6.92 Å². The molecule has 0 amide bonds. The normalized spacial score (nSPS) is 10.7. The Hall–Kier alpha value is -1.56. The Morgan fingerprint density at radius 3 is 2.83 bits per heavy atom. The number of nitrogens with zero attached hydrogens (tertiary/aromatic N) is 2. The molecule has 94 valence electrons. The first kappa shape index (κ1) is 12.9. The number of aromatic nitrogens is 2. The lowest BCUT2D eigenvalue weighted by atomic mass is 10.2. The predicted molar refractivity (Wildman–Crippen MR) is 66.4 cm³/mol. The minimum Gasteiger partial charge on any atom is -0.291 e. The molecule has 0 saturated carbocycles. The molecule has 2 aromatic rings. The van der Waals surface area contributed by atoms with E-state index in [1.807, 2.05) is 0 Å². The zero-order valence-corrected chi connectivity index (χ0v) is 11.0. The highest BCUT2D eigenvalue weighted by Crippen LogP contribution is 2.12. The van der Waals surface area contributed by atoms with Crippen molar-refractivity contribution in [2.45, 2.75) is 13.5 Å². The molecule has 0 radical (unpaired) electrons. The Kier molecular flexibility index (Phi) is 3.56.